The van der Waals surface area contributed by atoms with E-state index in [-0.39, 0.29) is 22.1 Å². The fraction of sp³-hybridized carbons (Fsp3) is 0.471. The van der Waals surface area contributed by atoms with Crippen molar-refractivity contribution in [2.75, 3.05) is 19.5 Å². The molecule has 0 radical (unpaired) electrons. The van der Waals surface area contributed by atoms with Gasteiger partial charge in [0.15, 0.2) is 24.0 Å². The van der Waals surface area contributed by atoms with Gasteiger partial charge in [-0.1, -0.05) is 0 Å². The van der Waals surface area contributed by atoms with Gasteiger partial charge in [-0.05, 0) is 31.5 Å². The normalized spacial score (nSPS) is 25.0. The van der Waals surface area contributed by atoms with Gasteiger partial charge in [0.2, 0.25) is 5.91 Å². The van der Waals surface area contributed by atoms with Crippen molar-refractivity contribution in [3.63, 3.8) is 0 Å². The van der Waals surface area contributed by atoms with Crippen LogP contribution in [0.4, 0.5) is 4.39 Å². The van der Waals surface area contributed by atoms with Crippen molar-refractivity contribution in [3.8, 4) is 5.75 Å². The Kier molecular flexibility index (Phi) is 4.73. The van der Waals surface area contributed by atoms with Crippen LogP contribution in [0.25, 0.3) is 0 Å². The number of benzene rings is 1. The molecule has 134 valence electrons. The summed E-state index contributed by atoms with van der Waals surface area (Å²) in [5, 5.41) is 0. The van der Waals surface area contributed by atoms with Gasteiger partial charge in [-0.25, -0.2) is 9.18 Å². The molecule has 0 aliphatic carbocycles. The molecular weight excluding hydrogens is 349 g/mol. The van der Waals surface area contributed by atoms with Gasteiger partial charge < -0.3 is 14.4 Å². The van der Waals surface area contributed by atoms with Crippen LogP contribution in [0.2, 0.25) is 0 Å². The third-order valence-electron chi connectivity index (χ3n) is 4.54. The number of methoxy groups -OCH3 is 1. The van der Waals surface area contributed by atoms with E-state index in [1.54, 1.807) is 16.7 Å². The molecule has 0 bridgehead atoms. The Bertz CT molecular complexity index is 740. The van der Waals surface area contributed by atoms with Gasteiger partial charge in [0.25, 0.3) is 0 Å². The van der Waals surface area contributed by atoms with Crippen molar-refractivity contribution in [1.82, 2.24) is 4.90 Å². The van der Waals surface area contributed by atoms with Crippen LogP contribution in [0, 0.1) is 5.82 Å². The van der Waals surface area contributed by atoms with E-state index in [0.29, 0.717) is 18.6 Å². The summed E-state index contributed by atoms with van der Waals surface area (Å²) in [5.41, 5.74) is 0.0917. The number of carbonyl (C=O) groups is 3. The molecule has 0 N–H and O–H groups in total. The topological polar surface area (TPSA) is 72.9 Å². The molecule has 3 rings (SSSR count). The first-order chi connectivity index (χ1) is 11.9. The second-order valence-electron chi connectivity index (χ2n) is 6.15. The van der Waals surface area contributed by atoms with Crippen LogP contribution >= 0.6 is 11.8 Å². The van der Waals surface area contributed by atoms with Crippen molar-refractivity contribution in [2.45, 2.75) is 30.7 Å². The van der Waals surface area contributed by atoms with Crippen LogP contribution in [0.15, 0.2) is 18.2 Å². The molecule has 0 saturated carbocycles. The zero-order valence-corrected chi connectivity index (χ0v) is 14.7. The molecule has 8 heteroatoms. The molecule has 2 saturated heterocycles. The summed E-state index contributed by atoms with van der Waals surface area (Å²) >= 11 is 1.55. The molecular formula is C17H18FNO5S. The average molecular weight is 367 g/mol. The van der Waals surface area contributed by atoms with Gasteiger partial charge in [-0.3, -0.25) is 9.59 Å². The Hall–Kier alpha value is -2.09. The number of hydrogen-bond acceptors (Lipinski definition) is 6. The maximum absolute atomic E-state index is 13.7. The highest BCUT2D eigenvalue weighted by Crippen LogP contribution is 2.47. The zero-order valence-electron chi connectivity index (χ0n) is 13.9. The Morgan fingerprint density at radius 1 is 1.44 bits per heavy atom. The first-order valence-electron chi connectivity index (χ1n) is 7.85. The molecule has 1 aromatic rings. The Labute approximate surface area is 148 Å². The third-order valence-corrected chi connectivity index (χ3v) is 6.04. The minimum absolute atomic E-state index is 0.0309. The fourth-order valence-electron chi connectivity index (χ4n) is 3.15. The molecule has 2 fully saturated rings. The number of rotatable bonds is 5. The summed E-state index contributed by atoms with van der Waals surface area (Å²) in [5.74, 6) is -1.37. The van der Waals surface area contributed by atoms with Gasteiger partial charge in [-0.15, -0.1) is 11.8 Å². The third kappa shape index (κ3) is 3.22. The van der Waals surface area contributed by atoms with Crippen LogP contribution < -0.4 is 4.74 Å². The second-order valence-corrected chi connectivity index (χ2v) is 7.65. The number of esters is 1. The van der Waals surface area contributed by atoms with Gasteiger partial charge in [-0.2, -0.15) is 0 Å². The summed E-state index contributed by atoms with van der Waals surface area (Å²) in [6.07, 6.45) is 1.11. The number of Topliss-reactive ketones (excluding diaryl/α,β-unsaturated/α-hetero) is 1. The standard InChI is InChI=1S/C17H18FNO5S/c1-17-6-5-15(21)19(17)12(9-25-17)16(22)24-8-13(20)10-3-4-14(23-2)11(18)7-10/h3-4,7,12H,5-6,8-9H2,1-2H3/t12-,17-/m1/s1. The fourth-order valence-corrected chi connectivity index (χ4v) is 4.57. The molecule has 0 aromatic heterocycles. The Morgan fingerprint density at radius 3 is 2.88 bits per heavy atom. The average Bonchev–Trinajstić information content (AvgIpc) is 3.08. The van der Waals surface area contributed by atoms with E-state index < -0.39 is 30.2 Å². The summed E-state index contributed by atoms with van der Waals surface area (Å²) in [6, 6.07) is 3.11. The van der Waals surface area contributed by atoms with Gasteiger partial charge in [0.05, 0.1) is 12.0 Å². The Balaban J connectivity index is 1.62. The summed E-state index contributed by atoms with van der Waals surface area (Å²) < 4.78 is 23.5. The van der Waals surface area contributed by atoms with E-state index in [4.69, 9.17) is 9.47 Å². The van der Waals surface area contributed by atoms with Gasteiger partial charge in [0.1, 0.15) is 6.04 Å². The lowest BCUT2D eigenvalue weighted by Gasteiger charge is -2.29. The van der Waals surface area contributed by atoms with E-state index in [2.05, 4.69) is 0 Å². The van der Waals surface area contributed by atoms with Crippen molar-refractivity contribution < 1.29 is 28.2 Å². The van der Waals surface area contributed by atoms with Crippen LogP contribution in [-0.4, -0.2) is 52.9 Å². The molecule has 2 aliphatic heterocycles. The lowest BCUT2D eigenvalue weighted by atomic mass is 10.1. The maximum Gasteiger partial charge on any atom is 0.330 e. The lowest BCUT2D eigenvalue weighted by Crippen LogP contribution is -2.46. The minimum atomic E-state index is -0.676. The largest absolute Gasteiger partial charge is 0.494 e. The minimum Gasteiger partial charge on any atom is -0.494 e. The number of halogens is 1. The number of hydrogen-bond donors (Lipinski definition) is 0. The van der Waals surface area contributed by atoms with E-state index in [9.17, 15) is 18.8 Å². The highest BCUT2D eigenvalue weighted by Gasteiger charge is 2.53. The number of thioether (sulfide) groups is 1. The van der Waals surface area contributed by atoms with E-state index >= 15 is 0 Å². The molecule has 2 aliphatic rings. The van der Waals surface area contributed by atoms with Gasteiger partial charge in [0, 0.05) is 17.7 Å². The quantitative estimate of drug-likeness (QED) is 0.586. The number of fused-ring (bicyclic) bond motifs is 1. The number of amides is 1. The zero-order chi connectivity index (χ0) is 18.2. The summed E-state index contributed by atoms with van der Waals surface area (Å²) in [7, 11) is 1.33. The van der Waals surface area contributed by atoms with Crippen molar-refractivity contribution >= 4 is 29.4 Å². The molecule has 1 amide bonds. The van der Waals surface area contributed by atoms with E-state index in [0.717, 1.165) is 6.07 Å². The van der Waals surface area contributed by atoms with Crippen LogP contribution in [-0.2, 0) is 14.3 Å². The number of nitrogens with zero attached hydrogens (tertiary/aromatic N) is 1. The van der Waals surface area contributed by atoms with Crippen LogP contribution in [0.3, 0.4) is 0 Å². The molecule has 1 aromatic carbocycles. The Morgan fingerprint density at radius 2 is 2.20 bits per heavy atom. The molecule has 6 nitrogen and oxygen atoms in total. The maximum atomic E-state index is 13.7. The highest BCUT2D eigenvalue weighted by atomic mass is 32.2. The number of carbonyl (C=O) groups excluding carboxylic acids is 3. The highest BCUT2D eigenvalue weighted by molar-refractivity contribution is 8.01. The first kappa shape index (κ1) is 17.7. The lowest BCUT2D eigenvalue weighted by molar-refractivity contribution is -0.152. The molecule has 2 atom stereocenters. The molecule has 25 heavy (non-hydrogen) atoms. The predicted molar refractivity (Wildman–Crippen MR) is 89.0 cm³/mol. The van der Waals surface area contributed by atoms with Crippen LogP contribution in [0.1, 0.15) is 30.1 Å². The van der Waals surface area contributed by atoms with Crippen LogP contribution in [0.5, 0.6) is 5.75 Å². The first-order valence-corrected chi connectivity index (χ1v) is 8.84. The monoisotopic (exact) mass is 367 g/mol. The molecule has 2 heterocycles. The SMILES string of the molecule is COc1ccc(C(=O)COC(=O)[C@H]2CS[C@]3(C)CCC(=O)N23)cc1F. The second kappa shape index (κ2) is 6.67. The smallest absolute Gasteiger partial charge is 0.330 e. The van der Waals surface area contributed by atoms with Gasteiger partial charge >= 0.3 is 5.97 Å². The molecule has 0 unspecified atom stereocenters. The number of ether oxygens (including phenoxy) is 2. The summed E-state index contributed by atoms with van der Waals surface area (Å²) in [4.78, 5) is 37.6. The predicted octanol–water partition coefficient (Wildman–Crippen LogP) is 2.01. The van der Waals surface area contributed by atoms with E-state index in [1.165, 1.54) is 19.2 Å². The van der Waals surface area contributed by atoms with Crippen molar-refractivity contribution in [1.29, 1.82) is 0 Å². The van der Waals surface area contributed by atoms with E-state index in [1.807, 2.05) is 6.92 Å². The molecule has 0 spiro atoms. The number of ketones is 1. The van der Waals surface area contributed by atoms with Crippen molar-refractivity contribution in [2.24, 2.45) is 0 Å². The van der Waals surface area contributed by atoms with Crippen molar-refractivity contribution in [3.05, 3.63) is 29.6 Å². The summed E-state index contributed by atoms with van der Waals surface area (Å²) in [6.45, 7) is 1.44.